The highest BCUT2D eigenvalue weighted by atomic mass is 15.2. The van der Waals surface area contributed by atoms with Crippen LogP contribution in [0.3, 0.4) is 0 Å². The van der Waals surface area contributed by atoms with Crippen LogP contribution in [0.2, 0.25) is 0 Å². The summed E-state index contributed by atoms with van der Waals surface area (Å²) in [5.74, 6) is 0. The van der Waals surface area contributed by atoms with Gasteiger partial charge in [-0.1, -0.05) is 220 Å². The van der Waals surface area contributed by atoms with Crippen LogP contribution in [0.4, 0.5) is 34.1 Å². The number of anilines is 6. The minimum absolute atomic E-state index is 0.00808. The molecule has 2 aliphatic heterocycles. The summed E-state index contributed by atoms with van der Waals surface area (Å²) in [4.78, 5) is 5.25. The highest BCUT2D eigenvalue weighted by Gasteiger charge is 2.46. The fourth-order valence-electron chi connectivity index (χ4n) is 14.5. The van der Waals surface area contributed by atoms with E-state index in [0.29, 0.717) is 0 Å². The molecule has 0 fully saturated rings. The van der Waals surface area contributed by atoms with Crippen molar-refractivity contribution in [3.8, 4) is 33.4 Å². The molecule has 382 valence electrons. The van der Waals surface area contributed by atoms with Crippen LogP contribution in [0.25, 0.3) is 44.5 Å². The molecule has 0 N–H and O–H groups in total. The van der Waals surface area contributed by atoms with Crippen LogP contribution in [-0.4, -0.2) is 6.71 Å². The van der Waals surface area contributed by atoms with E-state index in [4.69, 9.17) is 0 Å². The Kier molecular flexibility index (Phi) is 10.6. The summed E-state index contributed by atoms with van der Waals surface area (Å²) >= 11 is 0. The van der Waals surface area contributed by atoms with Gasteiger partial charge in [0.25, 0.3) is 6.71 Å². The van der Waals surface area contributed by atoms with Gasteiger partial charge in [0.15, 0.2) is 0 Å². The van der Waals surface area contributed by atoms with E-state index in [2.05, 4.69) is 280 Å². The van der Waals surface area contributed by atoms with Crippen molar-refractivity contribution in [1.82, 2.24) is 0 Å². The van der Waals surface area contributed by atoms with E-state index < -0.39 is 0 Å². The van der Waals surface area contributed by atoms with Gasteiger partial charge in [-0.2, -0.15) is 0 Å². The van der Waals surface area contributed by atoms with E-state index in [1.165, 1.54) is 140 Å². The second kappa shape index (κ2) is 17.1. The Hall–Kier alpha value is -7.88. The Morgan fingerprint density at radius 2 is 1.00 bits per heavy atom. The van der Waals surface area contributed by atoms with Crippen LogP contribution in [0.1, 0.15) is 127 Å². The molecule has 78 heavy (non-hydrogen) atoms. The predicted molar refractivity (Wildman–Crippen MR) is 335 cm³/mol. The quantitative estimate of drug-likeness (QED) is 0.159. The zero-order valence-corrected chi connectivity index (χ0v) is 47.4. The zero-order valence-electron chi connectivity index (χ0n) is 47.4. The lowest BCUT2D eigenvalue weighted by molar-refractivity contribution is 0.590. The SMILES string of the molecule is Cc1cc2c3c(c1)N(c1ccc(-c4cccc5c4-c4ccccc4C5(C)C)cc1-c1ccccc1)c1cc(C(C)(C)C)ccc1B3c1ccc(C(C)(C)C)cc1N2c1ccc(C2=CCCC3=C2c2ccccc2C3(C)C)cc1. The maximum atomic E-state index is 2.64. The molecule has 0 atom stereocenters. The van der Waals surface area contributed by atoms with E-state index in [9.17, 15) is 0 Å². The molecule has 2 heterocycles. The molecule has 0 aromatic heterocycles. The van der Waals surface area contributed by atoms with E-state index >= 15 is 0 Å². The third-order valence-electron chi connectivity index (χ3n) is 18.6. The molecule has 0 saturated heterocycles. The fourth-order valence-corrected chi connectivity index (χ4v) is 14.5. The van der Waals surface area contributed by atoms with Gasteiger partial charge in [0.05, 0.1) is 5.69 Å². The molecule has 3 aliphatic carbocycles. The van der Waals surface area contributed by atoms with Crippen molar-refractivity contribution in [3.63, 3.8) is 0 Å². The summed E-state index contributed by atoms with van der Waals surface area (Å²) < 4.78 is 0. The Balaban J connectivity index is 0.989. The number of aryl methyl sites for hydroxylation is 1. The van der Waals surface area contributed by atoms with Gasteiger partial charge < -0.3 is 9.80 Å². The van der Waals surface area contributed by atoms with E-state index in [-0.39, 0.29) is 28.4 Å². The number of rotatable bonds is 5. The van der Waals surface area contributed by atoms with Crippen LogP contribution < -0.4 is 26.2 Å². The van der Waals surface area contributed by atoms with Crippen molar-refractivity contribution in [2.24, 2.45) is 0 Å². The summed E-state index contributed by atoms with van der Waals surface area (Å²) in [6.45, 7) is 26.0. The van der Waals surface area contributed by atoms with E-state index in [1.54, 1.807) is 5.57 Å². The van der Waals surface area contributed by atoms with Gasteiger partial charge in [-0.25, -0.2) is 0 Å². The van der Waals surface area contributed by atoms with Crippen molar-refractivity contribution in [1.29, 1.82) is 0 Å². The number of hydrogen-bond donors (Lipinski definition) is 0. The molecule has 3 heteroatoms. The average molecular weight is 1010 g/mol. The Morgan fingerprint density at radius 1 is 0.436 bits per heavy atom. The first-order valence-corrected chi connectivity index (χ1v) is 28.5. The molecule has 0 bridgehead atoms. The predicted octanol–water partition coefficient (Wildman–Crippen LogP) is 18.2. The van der Waals surface area contributed by atoms with Crippen molar-refractivity contribution in [2.45, 2.75) is 111 Å². The normalized spacial score (nSPS) is 16.2. The second-order valence-electron chi connectivity index (χ2n) is 26.1. The molecule has 0 radical (unpaired) electrons. The molecule has 0 amide bonds. The van der Waals surface area contributed by atoms with E-state index in [0.717, 1.165) is 12.8 Å². The van der Waals surface area contributed by atoms with Crippen molar-refractivity contribution < 1.29 is 0 Å². The maximum absolute atomic E-state index is 2.64. The maximum Gasteiger partial charge on any atom is 0.252 e. The first-order chi connectivity index (χ1) is 37.4. The lowest BCUT2D eigenvalue weighted by Crippen LogP contribution is -2.61. The van der Waals surface area contributed by atoms with Crippen LogP contribution in [0.15, 0.2) is 200 Å². The molecule has 14 rings (SSSR count). The monoisotopic (exact) mass is 1010 g/mol. The fraction of sp³-hybridized carbons (Fsp3) is 0.227. The highest BCUT2D eigenvalue weighted by molar-refractivity contribution is 7.00. The van der Waals surface area contributed by atoms with Gasteiger partial charge in [0.2, 0.25) is 0 Å². The lowest BCUT2D eigenvalue weighted by atomic mass is 9.33. The van der Waals surface area contributed by atoms with Crippen molar-refractivity contribution >= 4 is 68.4 Å². The number of benzene rings is 9. The summed E-state index contributed by atoms with van der Waals surface area (Å²) in [6.07, 6.45) is 4.67. The standard InChI is InChI=1S/C75H69BN2/c1-46-41-67-71-68(42-46)78(64-40-33-49(43-57(64)47-21-13-12-14-22-47)54-26-20-30-61-70(54)56-24-16-18-28-59(56)75(61,10)11)66-45-51(73(5,6)7)35-39-63(66)76(71)62-38-34-50(72(2,3)4)44-65(62)77(67)52-36-31-48(32-37-52)53-25-19-29-60-69(53)55-23-15-17-27-58(55)74(60,8)9/h12-18,20-28,30-45H,19,29H2,1-11H3. The Labute approximate surface area is 463 Å². The van der Waals surface area contributed by atoms with Crippen LogP contribution >= 0.6 is 0 Å². The molecule has 2 nitrogen and oxygen atoms in total. The number of nitrogens with zero attached hydrogens (tertiary/aromatic N) is 2. The van der Waals surface area contributed by atoms with Crippen LogP contribution in [-0.2, 0) is 21.7 Å². The van der Waals surface area contributed by atoms with E-state index in [1.807, 2.05) is 0 Å². The molecule has 0 saturated carbocycles. The smallest absolute Gasteiger partial charge is 0.252 e. The highest BCUT2D eigenvalue weighted by Crippen LogP contribution is 2.56. The van der Waals surface area contributed by atoms with Gasteiger partial charge >= 0.3 is 0 Å². The first kappa shape index (κ1) is 48.5. The summed E-state index contributed by atoms with van der Waals surface area (Å²) in [7, 11) is 0. The van der Waals surface area contributed by atoms with Gasteiger partial charge in [0, 0.05) is 44.8 Å². The van der Waals surface area contributed by atoms with Gasteiger partial charge in [-0.05, 0) is 179 Å². The molecular weight excluding hydrogens is 940 g/mol. The summed E-state index contributed by atoms with van der Waals surface area (Å²) in [5.41, 5.74) is 33.9. The van der Waals surface area contributed by atoms with Gasteiger partial charge in [-0.15, -0.1) is 0 Å². The first-order valence-electron chi connectivity index (χ1n) is 28.5. The molecule has 9 aromatic rings. The topological polar surface area (TPSA) is 6.48 Å². The summed E-state index contributed by atoms with van der Waals surface area (Å²) in [6, 6.07) is 72.8. The van der Waals surface area contributed by atoms with Crippen LogP contribution in [0, 0.1) is 6.92 Å². The second-order valence-corrected chi connectivity index (χ2v) is 26.1. The zero-order chi connectivity index (χ0) is 53.8. The minimum atomic E-state index is -0.0925. The number of fused-ring (bicyclic) bond motifs is 9. The number of hydrogen-bond acceptors (Lipinski definition) is 2. The molecule has 9 aromatic carbocycles. The number of allylic oxidation sites excluding steroid dienone is 4. The van der Waals surface area contributed by atoms with Gasteiger partial charge in [-0.3, -0.25) is 0 Å². The Morgan fingerprint density at radius 3 is 1.67 bits per heavy atom. The van der Waals surface area contributed by atoms with Crippen LogP contribution in [0.5, 0.6) is 0 Å². The Bertz CT molecular complexity index is 4060. The third-order valence-corrected chi connectivity index (χ3v) is 18.6. The molecule has 5 aliphatic rings. The average Bonchev–Trinajstić information content (AvgIpc) is 3.53. The molecular formula is C75H69BN2. The third kappa shape index (κ3) is 7.15. The van der Waals surface area contributed by atoms with Crippen molar-refractivity contribution in [2.75, 3.05) is 9.80 Å². The largest absolute Gasteiger partial charge is 0.311 e. The van der Waals surface area contributed by atoms with Gasteiger partial charge in [0.1, 0.15) is 0 Å². The lowest BCUT2D eigenvalue weighted by Gasteiger charge is -2.45. The van der Waals surface area contributed by atoms with Crippen molar-refractivity contribution in [3.05, 3.63) is 244 Å². The molecule has 0 unspecified atom stereocenters. The minimum Gasteiger partial charge on any atom is -0.311 e. The molecule has 0 spiro atoms. The summed E-state index contributed by atoms with van der Waals surface area (Å²) in [5, 5.41) is 0.